The maximum Gasteiger partial charge on any atom is 2.00 e. The molecular weight excluding hydrogens is 481 g/mol. The quantitative estimate of drug-likeness (QED) is 0.508. The van der Waals surface area contributed by atoms with Gasteiger partial charge in [0.25, 0.3) is 0 Å². The van der Waals surface area contributed by atoms with Crippen LogP contribution in [-0.4, -0.2) is 18.5 Å². The van der Waals surface area contributed by atoms with Gasteiger partial charge in [-0.2, -0.15) is 37.4 Å². The monoisotopic (exact) mass is 492 g/mol. The van der Waals surface area contributed by atoms with E-state index in [1.165, 1.54) is 6.07 Å². The molecule has 0 amide bonds. The van der Waals surface area contributed by atoms with Gasteiger partial charge in [-0.3, -0.25) is 15.2 Å². The molecule has 1 nitrogen and oxygen atoms in total. The van der Waals surface area contributed by atoms with Crippen molar-refractivity contribution in [3.8, 4) is 0 Å². The van der Waals surface area contributed by atoms with Crippen molar-refractivity contribution in [3.05, 3.63) is 41.8 Å². The summed E-state index contributed by atoms with van der Waals surface area (Å²) >= 11 is 0. The Balaban J connectivity index is 0. The Morgan fingerprint density at radius 2 is 1.78 bits per heavy atom. The maximum atomic E-state index is 12.0. The molecule has 0 radical (unpaired) electrons. The molecule has 1 aromatic rings. The van der Waals surface area contributed by atoms with E-state index in [0.29, 0.717) is 0 Å². The second kappa shape index (κ2) is 10.8. The summed E-state index contributed by atoms with van der Waals surface area (Å²) in [4.78, 5) is 0. The van der Waals surface area contributed by atoms with Crippen LogP contribution in [0.25, 0.3) is 0 Å². The van der Waals surface area contributed by atoms with Gasteiger partial charge < -0.3 is 5.11 Å². The molecule has 18 heavy (non-hydrogen) atoms. The van der Waals surface area contributed by atoms with E-state index in [1.807, 2.05) is 6.07 Å². The van der Waals surface area contributed by atoms with E-state index in [-0.39, 0.29) is 36.7 Å². The molecule has 1 rings (SSSR count). The standard InChI is InChI=1S/C8H6F3O.C3H5F2.U/c9-8(10,11)7-3-1-2-6(4-7)5-12;4-2-1-3-5;/h1-2,4,12H,5H2;1H,2-3H2;/q2*-1;+2. The van der Waals surface area contributed by atoms with Crippen LogP contribution in [0, 0.1) is 43.6 Å². The fourth-order valence-electron chi connectivity index (χ4n) is 0.817. The summed E-state index contributed by atoms with van der Waals surface area (Å²) in [6, 6.07) is 5.45. The largest absolute Gasteiger partial charge is 2.00 e. The van der Waals surface area contributed by atoms with Crippen LogP contribution < -0.4 is 0 Å². The van der Waals surface area contributed by atoms with E-state index in [9.17, 15) is 22.0 Å². The minimum atomic E-state index is -4.38. The minimum Gasteiger partial charge on any atom is -0.394 e. The Morgan fingerprint density at radius 1 is 1.22 bits per heavy atom. The molecule has 0 fully saturated rings. The molecular formula is C11H11F5OU. The molecule has 0 aliphatic heterocycles. The van der Waals surface area contributed by atoms with Crippen molar-refractivity contribution >= 4 is 0 Å². The van der Waals surface area contributed by atoms with Crippen molar-refractivity contribution in [2.24, 2.45) is 0 Å². The van der Waals surface area contributed by atoms with Gasteiger partial charge in [0, 0.05) is 6.61 Å². The van der Waals surface area contributed by atoms with Crippen molar-refractivity contribution in [2.75, 3.05) is 13.3 Å². The average molecular weight is 492 g/mol. The van der Waals surface area contributed by atoms with Crippen molar-refractivity contribution in [1.29, 1.82) is 0 Å². The number of rotatable bonds is 3. The third-order valence-corrected chi connectivity index (χ3v) is 1.57. The molecule has 0 heterocycles. The first-order valence-electron chi connectivity index (χ1n) is 4.58. The van der Waals surface area contributed by atoms with Crippen LogP contribution in [0.5, 0.6) is 0 Å². The number of benzene rings is 1. The molecule has 100 valence electrons. The minimum absolute atomic E-state index is 0. The van der Waals surface area contributed by atoms with Gasteiger partial charge in [0.15, 0.2) is 0 Å². The van der Waals surface area contributed by atoms with Gasteiger partial charge in [-0.1, -0.05) is 5.56 Å². The van der Waals surface area contributed by atoms with Gasteiger partial charge in [0.2, 0.25) is 0 Å². The predicted octanol–water partition coefficient (Wildman–Crippen LogP) is 3.13. The van der Waals surface area contributed by atoms with Crippen LogP contribution in [0.1, 0.15) is 11.1 Å². The fourth-order valence-corrected chi connectivity index (χ4v) is 0.817. The third kappa shape index (κ3) is 8.90. The summed E-state index contributed by atoms with van der Waals surface area (Å²) in [6.45, 7) is -1.70. The van der Waals surface area contributed by atoms with Gasteiger partial charge >= 0.3 is 37.3 Å². The van der Waals surface area contributed by atoms with E-state index in [4.69, 9.17) is 5.11 Å². The average Bonchev–Trinajstić information content (AvgIpc) is 2.30. The first-order valence-corrected chi connectivity index (χ1v) is 4.58. The Labute approximate surface area is 126 Å². The number of hydrogen-bond donors (Lipinski definition) is 1. The summed E-state index contributed by atoms with van der Waals surface area (Å²) in [6.07, 6.45) is -3.47. The van der Waals surface area contributed by atoms with Crippen molar-refractivity contribution < 1.29 is 58.2 Å². The van der Waals surface area contributed by atoms with Gasteiger partial charge in [-0.25, -0.2) is 0 Å². The number of hydrogen-bond acceptors (Lipinski definition) is 1. The summed E-state index contributed by atoms with van der Waals surface area (Å²) in [7, 11) is 0. The van der Waals surface area contributed by atoms with Crippen LogP contribution in [0.2, 0.25) is 0 Å². The second-order valence-corrected chi connectivity index (χ2v) is 2.86. The van der Waals surface area contributed by atoms with Crippen molar-refractivity contribution in [2.45, 2.75) is 12.8 Å². The number of halogens is 5. The zero-order chi connectivity index (χ0) is 13.3. The van der Waals surface area contributed by atoms with Gasteiger partial charge in [0.05, 0.1) is 0 Å². The molecule has 7 heteroatoms. The molecule has 0 atom stereocenters. The zero-order valence-electron chi connectivity index (χ0n) is 9.27. The van der Waals surface area contributed by atoms with Crippen molar-refractivity contribution in [3.63, 3.8) is 0 Å². The van der Waals surface area contributed by atoms with Gasteiger partial charge in [-0.15, -0.1) is 5.56 Å². The molecule has 0 saturated carbocycles. The molecule has 0 aromatic heterocycles. The van der Waals surface area contributed by atoms with Gasteiger partial charge in [0.1, 0.15) is 0 Å². The molecule has 0 aliphatic rings. The molecule has 0 bridgehead atoms. The number of alkyl halides is 5. The van der Waals surface area contributed by atoms with E-state index < -0.39 is 31.7 Å². The summed E-state index contributed by atoms with van der Waals surface area (Å²) in [5.74, 6) is 0. The normalized spacial score (nSPS) is 10.1. The van der Waals surface area contributed by atoms with Crippen LogP contribution in [0.15, 0.2) is 18.2 Å². The Hall–Kier alpha value is -0.118. The molecule has 1 aromatic carbocycles. The Kier molecular flexibility index (Phi) is 12.1. The zero-order valence-corrected chi connectivity index (χ0v) is 13.4. The van der Waals surface area contributed by atoms with Crippen molar-refractivity contribution in [1.82, 2.24) is 0 Å². The number of aliphatic hydroxyl groups is 1. The first-order chi connectivity index (χ1) is 7.95. The number of aliphatic hydroxyl groups excluding tert-OH is 1. The maximum absolute atomic E-state index is 12.0. The molecule has 0 spiro atoms. The summed E-state index contributed by atoms with van der Waals surface area (Å²) in [5, 5.41) is 8.55. The predicted molar refractivity (Wildman–Crippen MR) is 52.5 cm³/mol. The Bertz CT molecular complexity index is 315. The molecule has 0 aliphatic carbocycles. The molecule has 0 unspecified atom stereocenters. The SMILES string of the molecule is FC[CH-]CF.OCc1cc[c-]c(C(F)(F)F)c1.[U+2]. The van der Waals surface area contributed by atoms with E-state index >= 15 is 0 Å². The topological polar surface area (TPSA) is 20.2 Å². The van der Waals surface area contributed by atoms with E-state index in [0.717, 1.165) is 18.6 Å². The fraction of sp³-hybridized carbons (Fsp3) is 0.364. The molecule has 1 N–H and O–H groups in total. The Morgan fingerprint density at radius 3 is 2.11 bits per heavy atom. The smallest absolute Gasteiger partial charge is 0.394 e. The van der Waals surface area contributed by atoms with E-state index in [2.05, 4.69) is 0 Å². The third-order valence-electron chi connectivity index (χ3n) is 1.57. The second-order valence-electron chi connectivity index (χ2n) is 2.86. The first kappa shape index (κ1) is 20.2. The molecule has 0 saturated heterocycles. The van der Waals surface area contributed by atoms with Crippen LogP contribution >= 0.6 is 0 Å². The summed E-state index contributed by atoms with van der Waals surface area (Å²) in [5.41, 5.74) is -0.616. The van der Waals surface area contributed by atoms with Gasteiger partial charge in [-0.05, 0) is 13.3 Å². The van der Waals surface area contributed by atoms with Crippen LogP contribution in [0.3, 0.4) is 0 Å². The summed E-state index contributed by atoms with van der Waals surface area (Å²) < 4.78 is 57.4. The van der Waals surface area contributed by atoms with Crippen LogP contribution in [0.4, 0.5) is 22.0 Å². The van der Waals surface area contributed by atoms with E-state index in [1.54, 1.807) is 0 Å². The van der Waals surface area contributed by atoms with Crippen LogP contribution in [-0.2, 0) is 12.8 Å².